The van der Waals surface area contributed by atoms with Crippen LogP contribution in [0.2, 0.25) is 0 Å². The van der Waals surface area contributed by atoms with Crippen LogP contribution in [0.5, 0.6) is 0 Å². The Balaban J connectivity index is 3.92. The van der Waals surface area contributed by atoms with E-state index in [4.69, 9.17) is 10.5 Å². The molecule has 1 amide bonds. The van der Waals surface area contributed by atoms with Crippen LogP contribution < -0.4 is 11.1 Å². The van der Waals surface area contributed by atoms with Gasteiger partial charge in [-0.3, -0.25) is 4.79 Å². The quantitative estimate of drug-likeness (QED) is 0.527. The fourth-order valence-corrected chi connectivity index (χ4v) is 0.773. The molecule has 88 valence electrons. The van der Waals surface area contributed by atoms with Crippen molar-refractivity contribution in [3.63, 3.8) is 0 Å². The lowest BCUT2D eigenvalue weighted by atomic mass is 10.2. The second-order valence-corrected chi connectivity index (χ2v) is 4.03. The first kappa shape index (κ1) is 13.7. The van der Waals surface area contributed by atoms with Gasteiger partial charge in [-0.25, -0.2) is 4.79 Å². The molecule has 0 radical (unpaired) electrons. The zero-order valence-corrected chi connectivity index (χ0v) is 9.49. The number of hydrogen-bond donors (Lipinski definition) is 2. The molecule has 6 heteroatoms. The molecule has 0 spiro atoms. The molecule has 6 nitrogen and oxygen atoms in total. The highest BCUT2D eigenvalue weighted by molar-refractivity contribution is 5.72. The summed E-state index contributed by atoms with van der Waals surface area (Å²) in [7, 11) is 1.25. The van der Waals surface area contributed by atoms with Gasteiger partial charge >= 0.3 is 12.1 Å². The Morgan fingerprint density at radius 1 is 1.40 bits per heavy atom. The van der Waals surface area contributed by atoms with Gasteiger partial charge in [0.2, 0.25) is 0 Å². The van der Waals surface area contributed by atoms with Crippen LogP contribution >= 0.6 is 0 Å². The number of methoxy groups -OCH3 is 1. The number of alkyl carbamates (subject to hydrolysis) is 1. The molecule has 0 bridgehead atoms. The van der Waals surface area contributed by atoms with Gasteiger partial charge in [-0.2, -0.15) is 0 Å². The summed E-state index contributed by atoms with van der Waals surface area (Å²) in [6.07, 6.45) is -1.54. The van der Waals surface area contributed by atoms with E-state index in [2.05, 4.69) is 10.1 Å². The van der Waals surface area contributed by atoms with Crippen molar-refractivity contribution in [2.75, 3.05) is 7.11 Å². The van der Waals surface area contributed by atoms with Gasteiger partial charge < -0.3 is 20.5 Å². The van der Waals surface area contributed by atoms with Gasteiger partial charge in [0, 0.05) is 0 Å². The van der Waals surface area contributed by atoms with Crippen molar-refractivity contribution in [1.29, 1.82) is 0 Å². The van der Waals surface area contributed by atoms with Crippen LogP contribution in [-0.2, 0) is 14.3 Å². The fourth-order valence-electron chi connectivity index (χ4n) is 0.773. The molecule has 1 unspecified atom stereocenters. The molecule has 1 atom stereocenters. The van der Waals surface area contributed by atoms with Crippen LogP contribution in [0.25, 0.3) is 0 Å². The highest BCUT2D eigenvalue weighted by atomic mass is 16.6. The van der Waals surface area contributed by atoms with Crippen LogP contribution in [0.3, 0.4) is 0 Å². The summed E-state index contributed by atoms with van der Waals surface area (Å²) in [6, 6.07) is 0. The summed E-state index contributed by atoms with van der Waals surface area (Å²) < 4.78 is 9.33. The zero-order valence-electron chi connectivity index (χ0n) is 9.49. The largest absolute Gasteiger partial charge is 0.469 e. The Morgan fingerprint density at radius 2 is 1.93 bits per heavy atom. The third-order valence-corrected chi connectivity index (χ3v) is 1.32. The number of amides is 1. The third-order valence-electron chi connectivity index (χ3n) is 1.32. The molecular weight excluding hydrogens is 200 g/mol. The van der Waals surface area contributed by atoms with Crippen LogP contribution in [0.1, 0.15) is 27.2 Å². The van der Waals surface area contributed by atoms with Crippen molar-refractivity contribution in [3.05, 3.63) is 0 Å². The fraction of sp³-hybridized carbons (Fsp3) is 0.778. The molecule has 0 aliphatic carbocycles. The molecule has 0 fully saturated rings. The molecule has 0 heterocycles. The van der Waals surface area contributed by atoms with E-state index in [1.807, 2.05) is 0 Å². The molecule has 0 rings (SSSR count). The second kappa shape index (κ2) is 5.55. The Labute approximate surface area is 89.1 Å². The molecule has 3 N–H and O–H groups in total. The Bertz CT molecular complexity index is 235. The summed E-state index contributed by atoms with van der Waals surface area (Å²) in [5, 5.41) is 2.32. The number of carbonyl (C=O) groups excluding carboxylic acids is 2. The van der Waals surface area contributed by atoms with Gasteiger partial charge in [0.15, 0.2) is 0 Å². The minimum absolute atomic E-state index is 0.0876. The van der Waals surface area contributed by atoms with Crippen LogP contribution in [-0.4, -0.2) is 30.9 Å². The average Bonchev–Trinajstić information content (AvgIpc) is 1.99. The molecule has 0 aliphatic rings. The van der Waals surface area contributed by atoms with Crippen LogP contribution in [0.4, 0.5) is 4.79 Å². The maximum absolute atomic E-state index is 11.2. The van der Waals surface area contributed by atoms with Crippen molar-refractivity contribution < 1.29 is 19.1 Å². The SMILES string of the molecule is COC(=O)CC(N)NC(=O)OC(C)(C)C. The lowest BCUT2D eigenvalue weighted by Crippen LogP contribution is -2.45. The van der Waals surface area contributed by atoms with Gasteiger partial charge in [-0.15, -0.1) is 0 Å². The summed E-state index contributed by atoms with van der Waals surface area (Å²) in [5.74, 6) is -0.487. The minimum atomic E-state index is -0.799. The first-order valence-corrected chi connectivity index (χ1v) is 4.56. The van der Waals surface area contributed by atoms with Gasteiger partial charge in [-0.1, -0.05) is 0 Å². The molecule has 0 saturated carbocycles. The van der Waals surface area contributed by atoms with Crippen molar-refractivity contribution >= 4 is 12.1 Å². The third kappa shape index (κ3) is 7.75. The molecule has 15 heavy (non-hydrogen) atoms. The van der Waals surface area contributed by atoms with Crippen molar-refractivity contribution in [3.8, 4) is 0 Å². The second-order valence-electron chi connectivity index (χ2n) is 4.03. The smallest absolute Gasteiger partial charge is 0.408 e. The first-order valence-electron chi connectivity index (χ1n) is 4.56. The van der Waals surface area contributed by atoms with E-state index in [0.29, 0.717) is 0 Å². The monoisotopic (exact) mass is 218 g/mol. The van der Waals surface area contributed by atoms with Crippen LogP contribution in [0, 0.1) is 0 Å². The summed E-state index contributed by atoms with van der Waals surface area (Å²) in [4.78, 5) is 22.0. The molecule has 0 saturated heterocycles. The highest BCUT2D eigenvalue weighted by Crippen LogP contribution is 2.06. The average molecular weight is 218 g/mol. The van der Waals surface area contributed by atoms with Gasteiger partial charge in [0.25, 0.3) is 0 Å². The Hall–Kier alpha value is -1.30. The number of esters is 1. The first-order chi connectivity index (χ1) is 6.74. The van der Waals surface area contributed by atoms with Crippen LogP contribution in [0.15, 0.2) is 0 Å². The van der Waals surface area contributed by atoms with Crippen molar-refractivity contribution in [2.45, 2.75) is 39.0 Å². The molecule has 0 aromatic heterocycles. The minimum Gasteiger partial charge on any atom is -0.469 e. The normalized spacial score (nSPS) is 12.9. The lowest BCUT2D eigenvalue weighted by molar-refractivity contribution is -0.141. The lowest BCUT2D eigenvalue weighted by Gasteiger charge is -2.21. The van der Waals surface area contributed by atoms with Gasteiger partial charge in [-0.05, 0) is 20.8 Å². The van der Waals surface area contributed by atoms with E-state index >= 15 is 0 Å². The molecule has 0 aliphatic heterocycles. The number of hydrogen-bond acceptors (Lipinski definition) is 5. The predicted molar refractivity (Wildman–Crippen MR) is 54.0 cm³/mol. The number of nitrogens with two attached hydrogens (primary N) is 1. The van der Waals surface area contributed by atoms with Crippen molar-refractivity contribution in [2.24, 2.45) is 5.73 Å². The van der Waals surface area contributed by atoms with Crippen molar-refractivity contribution in [1.82, 2.24) is 5.32 Å². The number of rotatable bonds is 3. The van der Waals surface area contributed by atoms with Gasteiger partial charge in [0.05, 0.1) is 19.7 Å². The number of nitrogens with one attached hydrogen (secondary N) is 1. The van der Waals surface area contributed by atoms with Gasteiger partial charge in [0.1, 0.15) is 5.60 Å². The zero-order chi connectivity index (χ0) is 12.1. The Kier molecular flexibility index (Phi) is 5.07. The molecule has 0 aromatic carbocycles. The summed E-state index contributed by atoms with van der Waals surface area (Å²) in [6.45, 7) is 5.20. The maximum atomic E-state index is 11.2. The maximum Gasteiger partial charge on any atom is 0.408 e. The molecule has 0 aromatic rings. The number of carbonyl (C=O) groups is 2. The Morgan fingerprint density at radius 3 is 2.33 bits per heavy atom. The topological polar surface area (TPSA) is 90.6 Å². The van der Waals surface area contributed by atoms with E-state index in [-0.39, 0.29) is 6.42 Å². The van der Waals surface area contributed by atoms with E-state index in [1.54, 1.807) is 20.8 Å². The standard InChI is InChI=1S/C9H18N2O4/c1-9(2,3)15-8(13)11-6(10)5-7(12)14-4/h6H,5,10H2,1-4H3,(H,11,13). The van der Waals surface area contributed by atoms with E-state index < -0.39 is 23.8 Å². The van der Waals surface area contributed by atoms with E-state index in [1.165, 1.54) is 7.11 Å². The summed E-state index contributed by atoms with van der Waals surface area (Å²) in [5.41, 5.74) is 4.87. The predicted octanol–water partition coefficient (Wildman–Crippen LogP) is 0.359. The highest BCUT2D eigenvalue weighted by Gasteiger charge is 2.19. The number of ether oxygens (including phenoxy) is 2. The van der Waals surface area contributed by atoms with E-state index in [9.17, 15) is 9.59 Å². The summed E-state index contributed by atoms with van der Waals surface area (Å²) >= 11 is 0. The van der Waals surface area contributed by atoms with E-state index in [0.717, 1.165) is 0 Å². The molecular formula is C9H18N2O4.